The van der Waals surface area contributed by atoms with Crippen LogP contribution in [0.5, 0.6) is 5.75 Å². The molecule has 0 aromatic heterocycles. The molecule has 0 saturated carbocycles. The van der Waals surface area contributed by atoms with Gasteiger partial charge in [-0.25, -0.2) is 4.79 Å². The molecule has 3 rings (SSSR count). The van der Waals surface area contributed by atoms with Crippen LogP contribution in [0.25, 0.3) is 5.03 Å². The Hall–Kier alpha value is -2.18. The zero-order chi connectivity index (χ0) is 19.1. The summed E-state index contributed by atoms with van der Waals surface area (Å²) in [6.07, 6.45) is -7.20. The van der Waals surface area contributed by atoms with E-state index in [0.29, 0.717) is 12.0 Å². The quantitative estimate of drug-likeness (QED) is 0.758. The molecule has 1 N–H and O–H groups in total. The smallest absolute Gasteiger partial charge is 0.430 e. The Labute approximate surface area is 156 Å². The summed E-state index contributed by atoms with van der Waals surface area (Å²) < 4.78 is 44.7. The second kappa shape index (κ2) is 6.85. The van der Waals surface area contributed by atoms with E-state index >= 15 is 0 Å². The fraction of sp³-hybridized carbons (Fsp3) is 0.167. The van der Waals surface area contributed by atoms with Gasteiger partial charge in [-0.2, -0.15) is 13.2 Å². The number of carbonyl (C=O) groups is 1. The Bertz CT molecular complexity index is 893. The van der Waals surface area contributed by atoms with Crippen molar-refractivity contribution < 1.29 is 27.8 Å². The molecule has 0 fully saturated rings. The number of alkyl halides is 3. The lowest BCUT2D eigenvalue weighted by atomic mass is 9.97. The molecule has 0 spiro atoms. The summed E-state index contributed by atoms with van der Waals surface area (Å²) in [5, 5.41) is 8.85. The first-order chi connectivity index (χ1) is 12.2. The molecule has 0 amide bonds. The first kappa shape index (κ1) is 18.6. The zero-order valence-electron chi connectivity index (χ0n) is 13.0. The predicted octanol–water partition coefficient (Wildman–Crippen LogP) is 5.29. The third kappa shape index (κ3) is 3.52. The highest BCUT2D eigenvalue weighted by Gasteiger charge is 2.50. The van der Waals surface area contributed by atoms with E-state index in [-0.39, 0.29) is 16.3 Å². The minimum absolute atomic E-state index is 0.0198. The van der Waals surface area contributed by atoms with Gasteiger partial charge in [0.05, 0.1) is 5.03 Å². The molecule has 3 nitrogen and oxygen atoms in total. The Morgan fingerprint density at radius 1 is 1.15 bits per heavy atom. The summed E-state index contributed by atoms with van der Waals surface area (Å²) in [4.78, 5) is 11.3. The maximum Gasteiger partial charge on any atom is 0.430 e. The standard InChI is InChI=1S/C18H11Cl2F3O3/c19-12-8-11-13(7-10(12)6-9-4-2-1-3-5-9)26-16(18(21,22)23)14(15(11)20)17(24)25/h1-5,7-8,16H,6H2,(H,24,25). The van der Waals surface area contributed by atoms with Gasteiger partial charge in [0.25, 0.3) is 0 Å². The van der Waals surface area contributed by atoms with Crippen LogP contribution in [0.2, 0.25) is 5.02 Å². The largest absolute Gasteiger partial charge is 0.478 e. The van der Waals surface area contributed by atoms with Crippen molar-refractivity contribution >= 4 is 34.2 Å². The summed E-state index contributed by atoms with van der Waals surface area (Å²) in [7, 11) is 0. The molecule has 136 valence electrons. The van der Waals surface area contributed by atoms with E-state index in [2.05, 4.69) is 0 Å². The maximum absolute atomic E-state index is 13.2. The number of benzene rings is 2. The molecule has 26 heavy (non-hydrogen) atoms. The molecule has 0 aliphatic carbocycles. The van der Waals surface area contributed by atoms with Crippen molar-refractivity contribution in [1.82, 2.24) is 0 Å². The van der Waals surface area contributed by atoms with E-state index in [1.54, 1.807) is 0 Å². The van der Waals surface area contributed by atoms with Gasteiger partial charge >= 0.3 is 12.1 Å². The second-order valence-electron chi connectivity index (χ2n) is 5.67. The molecule has 2 aromatic rings. The van der Waals surface area contributed by atoms with Crippen LogP contribution >= 0.6 is 23.2 Å². The van der Waals surface area contributed by atoms with Crippen molar-refractivity contribution in [1.29, 1.82) is 0 Å². The monoisotopic (exact) mass is 402 g/mol. The van der Waals surface area contributed by atoms with E-state index in [4.69, 9.17) is 33.0 Å². The Morgan fingerprint density at radius 3 is 2.38 bits per heavy atom. The fourth-order valence-electron chi connectivity index (χ4n) is 2.70. The predicted molar refractivity (Wildman–Crippen MR) is 91.6 cm³/mol. The SMILES string of the molecule is O=C(O)C1=C(Cl)c2cc(Cl)c(Cc3ccccc3)cc2OC1C(F)(F)F. The number of fused-ring (bicyclic) bond motifs is 1. The van der Waals surface area contributed by atoms with Crippen LogP contribution in [0.1, 0.15) is 16.7 Å². The van der Waals surface area contributed by atoms with Crippen molar-refractivity contribution in [2.45, 2.75) is 18.7 Å². The summed E-state index contributed by atoms with van der Waals surface area (Å²) in [5.41, 5.74) is 0.413. The number of ether oxygens (including phenoxy) is 1. The molecule has 0 saturated heterocycles. The van der Waals surface area contributed by atoms with Gasteiger partial charge in [0.1, 0.15) is 11.3 Å². The first-order valence-corrected chi connectivity index (χ1v) is 8.17. The summed E-state index contributed by atoms with van der Waals surface area (Å²) in [6.45, 7) is 0. The van der Waals surface area contributed by atoms with E-state index in [9.17, 15) is 18.0 Å². The van der Waals surface area contributed by atoms with E-state index in [1.165, 1.54) is 12.1 Å². The Balaban J connectivity index is 2.09. The highest BCUT2D eigenvalue weighted by Crippen LogP contribution is 2.45. The lowest BCUT2D eigenvalue weighted by Crippen LogP contribution is -2.41. The van der Waals surface area contributed by atoms with Crippen molar-refractivity contribution in [3.05, 3.63) is 69.8 Å². The molecule has 1 aliphatic heterocycles. The van der Waals surface area contributed by atoms with E-state index < -0.39 is 28.9 Å². The summed E-state index contributed by atoms with van der Waals surface area (Å²) in [5.74, 6) is -1.95. The molecule has 8 heteroatoms. The lowest BCUT2D eigenvalue weighted by molar-refractivity contribution is -0.187. The minimum atomic E-state index is -4.93. The number of rotatable bonds is 3. The lowest BCUT2D eigenvalue weighted by Gasteiger charge is -2.29. The fourth-order valence-corrected chi connectivity index (χ4v) is 3.26. The van der Waals surface area contributed by atoms with Crippen LogP contribution < -0.4 is 4.74 Å². The summed E-state index contributed by atoms with van der Waals surface area (Å²) >= 11 is 12.2. The number of aliphatic carboxylic acids is 1. The van der Waals surface area contributed by atoms with Crippen LogP contribution in [-0.2, 0) is 11.2 Å². The van der Waals surface area contributed by atoms with E-state index in [0.717, 1.165) is 5.56 Å². The molecule has 2 aromatic carbocycles. The zero-order valence-corrected chi connectivity index (χ0v) is 14.5. The Morgan fingerprint density at radius 2 is 1.81 bits per heavy atom. The molecule has 1 unspecified atom stereocenters. The normalized spacial score (nSPS) is 16.9. The molecule has 0 bridgehead atoms. The Kier molecular flexibility index (Phi) is 4.90. The van der Waals surface area contributed by atoms with Gasteiger partial charge in [-0.3, -0.25) is 0 Å². The molecular weight excluding hydrogens is 392 g/mol. The van der Waals surface area contributed by atoms with Gasteiger partial charge < -0.3 is 9.84 Å². The van der Waals surface area contributed by atoms with Gasteiger partial charge in [0, 0.05) is 10.6 Å². The van der Waals surface area contributed by atoms with Crippen LogP contribution in [-0.4, -0.2) is 23.4 Å². The maximum atomic E-state index is 13.2. The van der Waals surface area contributed by atoms with Crippen LogP contribution in [0.15, 0.2) is 48.0 Å². The number of carboxylic acid groups (broad SMARTS) is 1. The highest BCUT2D eigenvalue weighted by molar-refractivity contribution is 6.51. The van der Waals surface area contributed by atoms with E-state index in [1.807, 2.05) is 30.3 Å². The molecule has 1 aliphatic rings. The van der Waals surface area contributed by atoms with Crippen LogP contribution in [0, 0.1) is 0 Å². The van der Waals surface area contributed by atoms with Crippen LogP contribution in [0.4, 0.5) is 13.2 Å². The van der Waals surface area contributed by atoms with Gasteiger partial charge in [0.15, 0.2) is 0 Å². The number of hydrogen-bond donors (Lipinski definition) is 1. The van der Waals surface area contributed by atoms with Gasteiger partial charge in [-0.1, -0.05) is 53.5 Å². The number of carboxylic acids is 1. The molecule has 1 atom stereocenters. The average molecular weight is 403 g/mol. The topological polar surface area (TPSA) is 46.5 Å². The van der Waals surface area contributed by atoms with Crippen LogP contribution in [0.3, 0.4) is 0 Å². The third-order valence-corrected chi connectivity index (χ3v) is 4.65. The average Bonchev–Trinajstić information content (AvgIpc) is 2.56. The first-order valence-electron chi connectivity index (χ1n) is 7.41. The van der Waals surface area contributed by atoms with Crippen molar-refractivity contribution in [2.24, 2.45) is 0 Å². The molecular formula is C18H11Cl2F3O3. The van der Waals surface area contributed by atoms with Gasteiger partial charge in [0.2, 0.25) is 6.10 Å². The van der Waals surface area contributed by atoms with Gasteiger partial charge in [-0.15, -0.1) is 0 Å². The van der Waals surface area contributed by atoms with Crippen molar-refractivity contribution in [3.63, 3.8) is 0 Å². The third-order valence-electron chi connectivity index (χ3n) is 3.89. The number of halogens is 5. The van der Waals surface area contributed by atoms with Gasteiger partial charge in [-0.05, 0) is 29.7 Å². The molecule has 1 heterocycles. The molecule has 0 radical (unpaired) electrons. The summed E-state index contributed by atoms with van der Waals surface area (Å²) in [6, 6.07) is 11.9. The van der Waals surface area contributed by atoms with Crippen molar-refractivity contribution in [2.75, 3.05) is 0 Å². The minimum Gasteiger partial charge on any atom is -0.478 e. The second-order valence-corrected chi connectivity index (χ2v) is 6.46. The number of hydrogen-bond acceptors (Lipinski definition) is 2. The van der Waals surface area contributed by atoms with Crippen molar-refractivity contribution in [3.8, 4) is 5.75 Å². The highest BCUT2D eigenvalue weighted by atomic mass is 35.5.